The van der Waals surface area contributed by atoms with Gasteiger partial charge in [0.05, 0.1) is 12.5 Å². The summed E-state index contributed by atoms with van der Waals surface area (Å²) in [6.45, 7) is 0. The number of nitrogens with two attached hydrogens (primary N) is 1. The fourth-order valence-electron chi connectivity index (χ4n) is 1.53. The summed E-state index contributed by atoms with van der Waals surface area (Å²) in [5, 5.41) is 1.28. The number of hydrogen-bond donors (Lipinski definition) is 1. The number of halogens is 2. The van der Waals surface area contributed by atoms with Gasteiger partial charge >= 0.3 is 0 Å². The minimum atomic E-state index is -0.113. The SMILES string of the molecule is NC(Cc1ccc(Cl)cc1Cl)c1ccoc1. The summed E-state index contributed by atoms with van der Waals surface area (Å²) in [5.74, 6) is 0. The summed E-state index contributed by atoms with van der Waals surface area (Å²) >= 11 is 11.9. The van der Waals surface area contributed by atoms with Crippen molar-refractivity contribution in [2.75, 3.05) is 0 Å². The molecule has 1 heterocycles. The van der Waals surface area contributed by atoms with Crippen LogP contribution in [-0.4, -0.2) is 0 Å². The third-order valence-corrected chi connectivity index (χ3v) is 3.01. The lowest BCUT2D eigenvalue weighted by atomic mass is 10.0. The van der Waals surface area contributed by atoms with Crippen molar-refractivity contribution in [3.8, 4) is 0 Å². The second kappa shape index (κ2) is 4.91. The van der Waals surface area contributed by atoms with Crippen molar-refractivity contribution in [3.63, 3.8) is 0 Å². The van der Waals surface area contributed by atoms with Crippen LogP contribution in [0.25, 0.3) is 0 Å². The van der Waals surface area contributed by atoms with Crippen LogP contribution in [0.3, 0.4) is 0 Å². The molecule has 1 atom stereocenters. The third-order valence-electron chi connectivity index (χ3n) is 2.43. The Balaban J connectivity index is 2.15. The van der Waals surface area contributed by atoms with E-state index in [1.54, 1.807) is 18.6 Å². The van der Waals surface area contributed by atoms with E-state index in [-0.39, 0.29) is 6.04 Å². The molecule has 2 N–H and O–H groups in total. The molecule has 0 aliphatic rings. The maximum atomic E-state index is 6.07. The summed E-state index contributed by atoms with van der Waals surface area (Å²) in [6.07, 6.45) is 3.92. The monoisotopic (exact) mass is 255 g/mol. The van der Waals surface area contributed by atoms with E-state index in [1.807, 2.05) is 18.2 Å². The summed E-state index contributed by atoms with van der Waals surface area (Å²) in [4.78, 5) is 0. The highest BCUT2D eigenvalue weighted by Gasteiger charge is 2.10. The molecule has 0 radical (unpaired) electrons. The quantitative estimate of drug-likeness (QED) is 0.906. The van der Waals surface area contributed by atoms with E-state index in [2.05, 4.69) is 0 Å². The van der Waals surface area contributed by atoms with Gasteiger partial charge in [0.15, 0.2) is 0 Å². The first kappa shape index (κ1) is 11.5. The zero-order valence-electron chi connectivity index (χ0n) is 8.49. The molecule has 1 unspecified atom stereocenters. The van der Waals surface area contributed by atoms with Crippen LogP contribution in [0, 0.1) is 0 Å². The van der Waals surface area contributed by atoms with Crippen LogP contribution in [0.4, 0.5) is 0 Å². The van der Waals surface area contributed by atoms with Gasteiger partial charge in [-0.3, -0.25) is 0 Å². The van der Waals surface area contributed by atoms with Crippen LogP contribution in [0.2, 0.25) is 10.0 Å². The molecule has 1 aromatic heterocycles. The first-order chi connectivity index (χ1) is 7.66. The van der Waals surface area contributed by atoms with Gasteiger partial charge in [-0.2, -0.15) is 0 Å². The van der Waals surface area contributed by atoms with Gasteiger partial charge in [-0.15, -0.1) is 0 Å². The van der Waals surface area contributed by atoms with Crippen molar-refractivity contribution < 1.29 is 4.42 Å². The Bertz CT molecular complexity index is 468. The Morgan fingerprint density at radius 2 is 2.06 bits per heavy atom. The van der Waals surface area contributed by atoms with Crippen molar-refractivity contribution >= 4 is 23.2 Å². The van der Waals surface area contributed by atoms with Crippen LogP contribution >= 0.6 is 23.2 Å². The highest BCUT2D eigenvalue weighted by atomic mass is 35.5. The van der Waals surface area contributed by atoms with Crippen molar-refractivity contribution in [1.29, 1.82) is 0 Å². The summed E-state index contributed by atoms with van der Waals surface area (Å²) in [7, 11) is 0. The number of hydrogen-bond acceptors (Lipinski definition) is 2. The Hall–Kier alpha value is -0.960. The minimum Gasteiger partial charge on any atom is -0.472 e. The molecule has 0 saturated carbocycles. The average molecular weight is 256 g/mol. The molecule has 0 aliphatic heterocycles. The van der Waals surface area contributed by atoms with E-state index in [0.717, 1.165) is 11.1 Å². The fraction of sp³-hybridized carbons (Fsp3) is 0.167. The predicted molar refractivity (Wildman–Crippen MR) is 65.8 cm³/mol. The van der Waals surface area contributed by atoms with Crippen LogP contribution in [0.5, 0.6) is 0 Å². The molecule has 0 spiro atoms. The van der Waals surface area contributed by atoms with E-state index in [1.165, 1.54) is 0 Å². The fourth-order valence-corrected chi connectivity index (χ4v) is 2.01. The largest absolute Gasteiger partial charge is 0.472 e. The van der Waals surface area contributed by atoms with Gasteiger partial charge in [0.1, 0.15) is 0 Å². The molecule has 0 fully saturated rings. The number of furan rings is 1. The maximum absolute atomic E-state index is 6.07. The molecule has 84 valence electrons. The van der Waals surface area contributed by atoms with Crippen molar-refractivity contribution in [1.82, 2.24) is 0 Å². The summed E-state index contributed by atoms with van der Waals surface area (Å²) in [5.41, 5.74) is 7.98. The lowest BCUT2D eigenvalue weighted by Gasteiger charge is -2.10. The van der Waals surface area contributed by atoms with Crippen LogP contribution in [0.1, 0.15) is 17.2 Å². The van der Waals surface area contributed by atoms with E-state index in [0.29, 0.717) is 16.5 Å². The molecule has 2 aromatic rings. The standard InChI is InChI=1S/C12H11Cl2NO/c13-10-2-1-8(11(14)6-10)5-12(15)9-3-4-16-7-9/h1-4,6-7,12H,5,15H2. The van der Waals surface area contributed by atoms with E-state index >= 15 is 0 Å². The van der Waals surface area contributed by atoms with Gasteiger partial charge in [0, 0.05) is 21.7 Å². The van der Waals surface area contributed by atoms with Gasteiger partial charge < -0.3 is 10.2 Å². The Labute approximate surface area is 104 Å². The molecular weight excluding hydrogens is 245 g/mol. The molecule has 0 aliphatic carbocycles. The Morgan fingerprint density at radius 1 is 1.25 bits per heavy atom. The molecule has 0 saturated heterocycles. The van der Waals surface area contributed by atoms with Gasteiger partial charge in [-0.1, -0.05) is 29.3 Å². The normalized spacial score (nSPS) is 12.7. The molecule has 0 amide bonds. The van der Waals surface area contributed by atoms with Gasteiger partial charge in [-0.05, 0) is 30.2 Å². The van der Waals surface area contributed by atoms with Gasteiger partial charge in [-0.25, -0.2) is 0 Å². The van der Waals surface area contributed by atoms with Crippen molar-refractivity contribution in [2.45, 2.75) is 12.5 Å². The Morgan fingerprint density at radius 3 is 2.69 bits per heavy atom. The highest BCUT2D eigenvalue weighted by molar-refractivity contribution is 6.35. The van der Waals surface area contributed by atoms with Crippen molar-refractivity contribution in [2.24, 2.45) is 5.73 Å². The smallest absolute Gasteiger partial charge is 0.0950 e. The molecule has 1 aromatic carbocycles. The molecule has 4 heteroatoms. The van der Waals surface area contributed by atoms with Crippen LogP contribution in [-0.2, 0) is 6.42 Å². The average Bonchev–Trinajstić information content (AvgIpc) is 2.75. The second-order valence-electron chi connectivity index (χ2n) is 3.60. The van der Waals surface area contributed by atoms with Crippen LogP contribution < -0.4 is 5.73 Å². The predicted octanol–water partition coefficient (Wildman–Crippen LogP) is 3.83. The zero-order valence-corrected chi connectivity index (χ0v) is 10.0. The van der Waals surface area contributed by atoms with Crippen LogP contribution in [0.15, 0.2) is 41.2 Å². The zero-order chi connectivity index (χ0) is 11.5. The van der Waals surface area contributed by atoms with E-state index < -0.39 is 0 Å². The third kappa shape index (κ3) is 2.59. The maximum Gasteiger partial charge on any atom is 0.0950 e. The second-order valence-corrected chi connectivity index (χ2v) is 4.45. The highest BCUT2D eigenvalue weighted by Crippen LogP contribution is 2.25. The summed E-state index contributed by atoms with van der Waals surface area (Å²) < 4.78 is 4.99. The molecular formula is C12H11Cl2NO. The number of benzene rings is 1. The topological polar surface area (TPSA) is 39.2 Å². The van der Waals surface area contributed by atoms with Gasteiger partial charge in [0.2, 0.25) is 0 Å². The first-order valence-corrected chi connectivity index (χ1v) is 5.64. The van der Waals surface area contributed by atoms with Gasteiger partial charge in [0.25, 0.3) is 0 Å². The molecule has 16 heavy (non-hydrogen) atoms. The minimum absolute atomic E-state index is 0.113. The van der Waals surface area contributed by atoms with Crippen molar-refractivity contribution in [3.05, 3.63) is 58.0 Å². The molecule has 2 nitrogen and oxygen atoms in total. The van der Waals surface area contributed by atoms with E-state index in [4.69, 9.17) is 33.4 Å². The summed E-state index contributed by atoms with van der Waals surface area (Å²) in [6, 6.07) is 7.17. The lowest BCUT2D eigenvalue weighted by Crippen LogP contribution is -2.12. The lowest BCUT2D eigenvalue weighted by molar-refractivity contribution is 0.558. The van der Waals surface area contributed by atoms with E-state index in [9.17, 15) is 0 Å². The molecule has 2 rings (SSSR count). The first-order valence-electron chi connectivity index (χ1n) is 4.88. The number of rotatable bonds is 3. The molecule has 0 bridgehead atoms. The Kier molecular flexibility index (Phi) is 3.54.